The second-order valence-corrected chi connectivity index (χ2v) is 6.40. The van der Waals surface area contributed by atoms with Crippen LogP contribution >= 0.6 is 11.6 Å². The molecule has 0 saturated carbocycles. The fourth-order valence-electron chi connectivity index (χ4n) is 2.98. The quantitative estimate of drug-likeness (QED) is 0.820. The molecule has 2 atom stereocenters. The van der Waals surface area contributed by atoms with E-state index in [0.29, 0.717) is 12.0 Å². The number of benzene rings is 1. The Kier molecular flexibility index (Phi) is 5.29. The molecule has 2 N–H and O–H groups in total. The van der Waals surface area contributed by atoms with Crippen molar-refractivity contribution < 1.29 is 0 Å². The van der Waals surface area contributed by atoms with Crippen molar-refractivity contribution in [3.63, 3.8) is 0 Å². The van der Waals surface area contributed by atoms with E-state index in [9.17, 15) is 0 Å². The van der Waals surface area contributed by atoms with Crippen molar-refractivity contribution in [1.29, 1.82) is 0 Å². The van der Waals surface area contributed by atoms with Crippen LogP contribution in [0.1, 0.15) is 68.6 Å². The predicted molar refractivity (Wildman–Crippen MR) is 84.0 cm³/mol. The lowest BCUT2D eigenvalue weighted by atomic mass is 9.86. The van der Waals surface area contributed by atoms with Gasteiger partial charge < -0.3 is 5.73 Å². The van der Waals surface area contributed by atoms with Crippen molar-refractivity contribution >= 4 is 11.6 Å². The highest BCUT2D eigenvalue weighted by Gasteiger charge is 2.16. The molecule has 2 unspecified atom stereocenters. The van der Waals surface area contributed by atoms with Crippen LogP contribution in [0.25, 0.3) is 0 Å². The summed E-state index contributed by atoms with van der Waals surface area (Å²) in [6.07, 6.45) is 8.33. The van der Waals surface area contributed by atoms with Gasteiger partial charge in [-0.1, -0.05) is 31.5 Å². The standard InChI is InChI=1S/C17H26ClN/c1-3-15(19)9-8-12(2)16-10-13-6-4-5-7-14(13)11-17(16)18/h10-12,15H,3-9,19H2,1-2H3. The van der Waals surface area contributed by atoms with Crippen molar-refractivity contribution in [2.24, 2.45) is 5.73 Å². The van der Waals surface area contributed by atoms with Crippen LogP contribution in [0.15, 0.2) is 12.1 Å². The number of rotatable bonds is 5. The normalized spacial score (nSPS) is 17.9. The Labute approximate surface area is 122 Å². The van der Waals surface area contributed by atoms with Crippen LogP contribution in [0.5, 0.6) is 0 Å². The molecular weight excluding hydrogens is 254 g/mol. The summed E-state index contributed by atoms with van der Waals surface area (Å²) in [4.78, 5) is 0. The molecule has 0 aliphatic heterocycles. The third-order valence-corrected chi connectivity index (χ3v) is 4.81. The minimum Gasteiger partial charge on any atom is -0.328 e. The molecule has 1 nitrogen and oxygen atoms in total. The van der Waals surface area contributed by atoms with E-state index in [1.165, 1.54) is 42.4 Å². The van der Waals surface area contributed by atoms with E-state index in [0.717, 1.165) is 24.3 Å². The zero-order valence-electron chi connectivity index (χ0n) is 12.2. The molecular formula is C17H26ClN. The molecule has 0 spiro atoms. The summed E-state index contributed by atoms with van der Waals surface area (Å²) >= 11 is 6.47. The van der Waals surface area contributed by atoms with E-state index in [1.807, 2.05) is 0 Å². The average Bonchev–Trinajstić information content (AvgIpc) is 2.43. The molecule has 2 rings (SSSR count). The number of hydrogen-bond donors (Lipinski definition) is 1. The van der Waals surface area contributed by atoms with Crippen LogP contribution < -0.4 is 5.73 Å². The van der Waals surface area contributed by atoms with E-state index in [1.54, 1.807) is 0 Å². The zero-order chi connectivity index (χ0) is 13.8. The highest BCUT2D eigenvalue weighted by molar-refractivity contribution is 6.31. The van der Waals surface area contributed by atoms with Gasteiger partial charge in [0.25, 0.3) is 0 Å². The summed E-state index contributed by atoms with van der Waals surface area (Å²) in [6, 6.07) is 4.90. The monoisotopic (exact) mass is 279 g/mol. The summed E-state index contributed by atoms with van der Waals surface area (Å²) in [7, 11) is 0. The lowest BCUT2D eigenvalue weighted by Gasteiger charge is -2.21. The molecule has 1 aromatic rings. The molecule has 1 aromatic carbocycles. The first-order chi connectivity index (χ1) is 9.11. The smallest absolute Gasteiger partial charge is 0.0443 e. The average molecular weight is 280 g/mol. The Morgan fingerprint density at radius 3 is 2.42 bits per heavy atom. The van der Waals surface area contributed by atoms with Crippen molar-refractivity contribution in [3.8, 4) is 0 Å². The second kappa shape index (κ2) is 6.76. The summed E-state index contributed by atoms with van der Waals surface area (Å²) in [6.45, 7) is 4.43. The predicted octanol–water partition coefficient (Wildman–Crippen LogP) is 4.84. The van der Waals surface area contributed by atoms with Gasteiger partial charge in [0.1, 0.15) is 0 Å². The summed E-state index contributed by atoms with van der Waals surface area (Å²) in [5.41, 5.74) is 10.3. The topological polar surface area (TPSA) is 26.0 Å². The van der Waals surface area contributed by atoms with Crippen LogP contribution in [0.2, 0.25) is 5.02 Å². The first-order valence-electron chi connectivity index (χ1n) is 7.68. The molecule has 0 heterocycles. The number of hydrogen-bond acceptors (Lipinski definition) is 1. The van der Waals surface area contributed by atoms with Gasteiger partial charge in [-0.3, -0.25) is 0 Å². The van der Waals surface area contributed by atoms with E-state index >= 15 is 0 Å². The van der Waals surface area contributed by atoms with Crippen LogP contribution in [-0.4, -0.2) is 6.04 Å². The molecule has 1 aliphatic rings. The minimum atomic E-state index is 0.332. The molecule has 0 aromatic heterocycles. The van der Waals surface area contributed by atoms with E-state index in [4.69, 9.17) is 17.3 Å². The van der Waals surface area contributed by atoms with Gasteiger partial charge in [0, 0.05) is 11.1 Å². The maximum atomic E-state index is 6.47. The van der Waals surface area contributed by atoms with Crippen molar-refractivity contribution in [2.75, 3.05) is 0 Å². The number of halogens is 1. The highest BCUT2D eigenvalue weighted by atomic mass is 35.5. The van der Waals surface area contributed by atoms with Gasteiger partial charge in [0.15, 0.2) is 0 Å². The second-order valence-electron chi connectivity index (χ2n) is 6.00. The Morgan fingerprint density at radius 1 is 1.16 bits per heavy atom. The summed E-state index contributed by atoms with van der Waals surface area (Å²) in [5, 5.41) is 0.957. The number of fused-ring (bicyclic) bond motifs is 1. The molecule has 0 bridgehead atoms. The fourth-order valence-corrected chi connectivity index (χ4v) is 3.35. The SMILES string of the molecule is CCC(N)CCC(C)c1cc2c(cc1Cl)CCCC2. The molecule has 2 heteroatoms. The lowest BCUT2D eigenvalue weighted by molar-refractivity contribution is 0.530. The maximum absolute atomic E-state index is 6.47. The van der Waals surface area contributed by atoms with Crippen molar-refractivity contribution in [1.82, 2.24) is 0 Å². The van der Waals surface area contributed by atoms with Crippen LogP contribution in [-0.2, 0) is 12.8 Å². The fraction of sp³-hybridized carbons (Fsp3) is 0.647. The van der Waals surface area contributed by atoms with E-state index < -0.39 is 0 Å². The minimum absolute atomic E-state index is 0.332. The highest BCUT2D eigenvalue weighted by Crippen LogP contribution is 2.33. The first-order valence-corrected chi connectivity index (χ1v) is 8.06. The van der Waals surface area contributed by atoms with Gasteiger partial charge in [0.05, 0.1) is 0 Å². The number of nitrogens with two attached hydrogens (primary N) is 1. The zero-order valence-corrected chi connectivity index (χ0v) is 13.0. The van der Waals surface area contributed by atoms with Gasteiger partial charge in [-0.25, -0.2) is 0 Å². The Balaban J connectivity index is 2.10. The third-order valence-electron chi connectivity index (χ3n) is 4.49. The summed E-state index contributed by atoms with van der Waals surface area (Å²) in [5.74, 6) is 0.511. The molecule has 0 saturated heterocycles. The molecule has 0 fully saturated rings. The largest absolute Gasteiger partial charge is 0.328 e. The molecule has 0 radical (unpaired) electrons. The molecule has 106 valence electrons. The molecule has 19 heavy (non-hydrogen) atoms. The van der Waals surface area contributed by atoms with Crippen molar-refractivity contribution in [2.45, 2.75) is 70.8 Å². The van der Waals surface area contributed by atoms with Gasteiger partial charge >= 0.3 is 0 Å². The van der Waals surface area contributed by atoms with E-state index in [2.05, 4.69) is 26.0 Å². The Bertz CT molecular complexity index is 428. The Morgan fingerprint density at radius 2 is 1.79 bits per heavy atom. The van der Waals surface area contributed by atoms with E-state index in [-0.39, 0.29) is 0 Å². The van der Waals surface area contributed by atoms with Crippen LogP contribution in [0.4, 0.5) is 0 Å². The third kappa shape index (κ3) is 3.73. The molecule has 1 aliphatic carbocycles. The van der Waals surface area contributed by atoms with Gasteiger partial charge in [-0.05, 0) is 73.6 Å². The number of aryl methyl sites for hydroxylation is 2. The van der Waals surface area contributed by atoms with Crippen LogP contribution in [0.3, 0.4) is 0 Å². The first kappa shape index (κ1) is 14.9. The lowest BCUT2D eigenvalue weighted by Crippen LogP contribution is -2.19. The maximum Gasteiger partial charge on any atom is 0.0443 e. The van der Waals surface area contributed by atoms with Gasteiger partial charge in [-0.2, -0.15) is 0 Å². The van der Waals surface area contributed by atoms with Gasteiger partial charge in [0.2, 0.25) is 0 Å². The Hall–Kier alpha value is -0.530. The summed E-state index contributed by atoms with van der Waals surface area (Å²) < 4.78 is 0. The van der Waals surface area contributed by atoms with Crippen molar-refractivity contribution in [3.05, 3.63) is 33.8 Å². The van der Waals surface area contributed by atoms with Crippen LogP contribution in [0, 0.1) is 0 Å². The van der Waals surface area contributed by atoms with Gasteiger partial charge in [-0.15, -0.1) is 0 Å². The molecule has 0 amide bonds.